The van der Waals surface area contributed by atoms with Gasteiger partial charge >= 0.3 is 5.97 Å². The van der Waals surface area contributed by atoms with Gasteiger partial charge in [-0.3, -0.25) is 9.59 Å². The third-order valence-electron chi connectivity index (χ3n) is 4.76. The van der Waals surface area contributed by atoms with Crippen LogP contribution in [0.2, 0.25) is 0 Å². The molecule has 154 valence electrons. The molecule has 1 atom stereocenters. The number of ether oxygens (including phenoxy) is 1. The van der Waals surface area contributed by atoms with Gasteiger partial charge in [0, 0.05) is 5.69 Å². The molecule has 0 saturated heterocycles. The predicted octanol–water partition coefficient (Wildman–Crippen LogP) is 2.41. The Morgan fingerprint density at radius 2 is 1.72 bits per heavy atom. The smallest absolute Gasteiger partial charge is 0.321 e. The Morgan fingerprint density at radius 1 is 1.03 bits per heavy atom. The Morgan fingerprint density at radius 3 is 2.45 bits per heavy atom. The molecule has 0 aromatic heterocycles. The minimum Gasteiger partial charge on any atom is -0.452 e. The molecule has 29 heavy (non-hydrogen) atoms. The number of hydrogen-bond acceptors (Lipinski definition) is 5. The third kappa shape index (κ3) is 5.65. The first kappa shape index (κ1) is 21.0. The molecular formula is C21H24N2O5S. The number of sulfonamides is 1. The number of aryl methyl sites for hydroxylation is 2. The van der Waals surface area contributed by atoms with E-state index in [1.165, 1.54) is 12.5 Å². The molecule has 1 amide bonds. The summed E-state index contributed by atoms with van der Waals surface area (Å²) in [6.07, 6.45) is 2.90. The standard InChI is InChI=1S/C21H24N2O5S/c1-15(21(25)23-18-9-3-2-4-10-18)28-20(24)14-22-29(26,27)19-12-11-16-7-5-6-8-17(16)13-19/h2-4,9-13,15,22H,5-8,14H2,1H3,(H,23,25)/t15-/m1/s1. The highest BCUT2D eigenvalue weighted by Crippen LogP contribution is 2.24. The van der Waals surface area contributed by atoms with E-state index in [-0.39, 0.29) is 4.90 Å². The van der Waals surface area contributed by atoms with E-state index < -0.39 is 34.5 Å². The summed E-state index contributed by atoms with van der Waals surface area (Å²) in [4.78, 5) is 24.2. The van der Waals surface area contributed by atoms with Gasteiger partial charge in [-0.05, 0) is 68.0 Å². The van der Waals surface area contributed by atoms with Crippen LogP contribution in [0.5, 0.6) is 0 Å². The Balaban J connectivity index is 1.53. The molecule has 2 aromatic rings. The number of esters is 1. The molecular weight excluding hydrogens is 392 g/mol. The van der Waals surface area contributed by atoms with E-state index in [2.05, 4.69) is 10.0 Å². The SMILES string of the molecule is C[C@@H](OC(=O)CNS(=O)(=O)c1ccc2c(c1)CCCC2)C(=O)Nc1ccccc1. The summed E-state index contributed by atoms with van der Waals surface area (Å²) in [6, 6.07) is 13.8. The van der Waals surface area contributed by atoms with E-state index in [0.29, 0.717) is 5.69 Å². The fourth-order valence-electron chi connectivity index (χ4n) is 3.17. The maximum Gasteiger partial charge on any atom is 0.321 e. The van der Waals surface area contributed by atoms with Gasteiger partial charge in [0.1, 0.15) is 6.54 Å². The lowest BCUT2D eigenvalue weighted by molar-refractivity contribution is -0.151. The third-order valence-corrected chi connectivity index (χ3v) is 6.15. The second-order valence-corrected chi connectivity index (χ2v) is 8.72. The Labute approximate surface area is 170 Å². The number of carbonyl (C=O) groups is 2. The van der Waals surface area contributed by atoms with Gasteiger partial charge in [-0.1, -0.05) is 24.3 Å². The molecule has 3 rings (SSSR count). The molecule has 0 spiro atoms. The van der Waals surface area contributed by atoms with Crippen LogP contribution in [-0.2, 0) is 37.2 Å². The monoisotopic (exact) mass is 416 g/mol. The van der Waals surface area contributed by atoms with Crippen LogP contribution in [0.4, 0.5) is 5.69 Å². The van der Waals surface area contributed by atoms with E-state index in [4.69, 9.17) is 4.74 Å². The topological polar surface area (TPSA) is 102 Å². The Kier molecular flexibility index (Phi) is 6.66. The largest absolute Gasteiger partial charge is 0.452 e. The maximum absolute atomic E-state index is 12.5. The van der Waals surface area contributed by atoms with Crippen molar-refractivity contribution in [2.24, 2.45) is 0 Å². The zero-order valence-electron chi connectivity index (χ0n) is 16.2. The summed E-state index contributed by atoms with van der Waals surface area (Å²) in [5.74, 6) is -1.33. The first-order valence-electron chi connectivity index (χ1n) is 9.52. The van der Waals surface area contributed by atoms with Crippen LogP contribution in [0.3, 0.4) is 0 Å². The molecule has 2 aromatic carbocycles. The molecule has 1 aliphatic carbocycles. The zero-order valence-corrected chi connectivity index (χ0v) is 17.0. The first-order chi connectivity index (χ1) is 13.8. The lowest BCUT2D eigenvalue weighted by Gasteiger charge is -2.17. The molecule has 8 heteroatoms. The van der Waals surface area contributed by atoms with Crippen LogP contribution in [-0.4, -0.2) is 32.9 Å². The average Bonchev–Trinajstić information content (AvgIpc) is 2.72. The number of benzene rings is 2. The van der Waals surface area contributed by atoms with E-state index in [1.54, 1.807) is 36.4 Å². The molecule has 0 saturated carbocycles. The van der Waals surface area contributed by atoms with E-state index >= 15 is 0 Å². The highest BCUT2D eigenvalue weighted by Gasteiger charge is 2.22. The molecule has 0 heterocycles. The first-order valence-corrected chi connectivity index (χ1v) is 11.0. The van der Waals surface area contributed by atoms with Crippen molar-refractivity contribution in [1.82, 2.24) is 4.72 Å². The number of para-hydroxylation sites is 1. The lowest BCUT2D eigenvalue weighted by Crippen LogP contribution is -2.35. The second kappa shape index (κ2) is 9.19. The lowest BCUT2D eigenvalue weighted by atomic mass is 9.92. The van der Waals surface area contributed by atoms with Crippen LogP contribution < -0.4 is 10.0 Å². The molecule has 2 N–H and O–H groups in total. The molecule has 0 radical (unpaired) electrons. The highest BCUT2D eigenvalue weighted by atomic mass is 32.2. The van der Waals surface area contributed by atoms with Gasteiger partial charge in [0.15, 0.2) is 6.10 Å². The zero-order chi connectivity index (χ0) is 20.9. The van der Waals surface area contributed by atoms with Gasteiger partial charge in [-0.2, -0.15) is 4.72 Å². The number of rotatable bonds is 7. The summed E-state index contributed by atoms with van der Waals surface area (Å²) in [7, 11) is -3.84. The van der Waals surface area contributed by atoms with Crippen molar-refractivity contribution in [3.63, 3.8) is 0 Å². The molecule has 1 aliphatic rings. The maximum atomic E-state index is 12.5. The number of fused-ring (bicyclic) bond motifs is 1. The van der Waals surface area contributed by atoms with Crippen molar-refractivity contribution in [2.45, 2.75) is 43.6 Å². The van der Waals surface area contributed by atoms with Crippen molar-refractivity contribution in [3.05, 3.63) is 59.7 Å². The normalized spacial score (nSPS) is 14.5. The molecule has 0 bridgehead atoms. The van der Waals surface area contributed by atoms with Crippen LogP contribution in [0.25, 0.3) is 0 Å². The second-order valence-electron chi connectivity index (χ2n) is 6.95. The van der Waals surface area contributed by atoms with Gasteiger partial charge in [0.2, 0.25) is 10.0 Å². The van der Waals surface area contributed by atoms with Gasteiger partial charge in [-0.25, -0.2) is 8.42 Å². The number of amides is 1. The van der Waals surface area contributed by atoms with Crippen molar-refractivity contribution in [3.8, 4) is 0 Å². The quantitative estimate of drug-likeness (QED) is 0.675. The molecule has 7 nitrogen and oxygen atoms in total. The summed E-state index contributed by atoms with van der Waals surface area (Å²) < 4.78 is 32.2. The van der Waals surface area contributed by atoms with E-state index in [0.717, 1.165) is 31.2 Å². The van der Waals surface area contributed by atoms with Gasteiger partial charge < -0.3 is 10.1 Å². The van der Waals surface area contributed by atoms with Gasteiger partial charge in [0.05, 0.1) is 4.90 Å². The highest BCUT2D eigenvalue weighted by molar-refractivity contribution is 7.89. The van der Waals surface area contributed by atoms with Crippen LogP contribution in [0, 0.1) is 0 Å². The predicted molar refractivity (Wildman–Crippen MR) is 109 cm³/mol. The minimum atomic E-state index is -3.84. The summed E-state index contributed by atoms with van der Waals surface area (Å²) in [6.45, 7) is 0.872. The van der Waals surface area contributed by atoms with Gasteiger partial charge in [-0.15, -0.1) is 0 Å². The summed E-state index contributed by atoms with van der Waals surface area (Å²) >= 11 is 0. The fraction of sp³-hybridized carbons (Fsp3) is 0.333. The van der Waals surface area contributed by atoms with E-state index in [9.17, 15) is 18.0 Å². The Hall–Kier alpha value is -2.71. The summed E-state index contributed by atoms with van der Waals surface area (Å²) in [5, 5.41) is 2.62. The van der Waals surface area contributed by atoms with Crippen LogP contribution in [0.1, 0.15) is 30.9 Å². The Bertz CT molecular complexity index is 989. The number of nitrogens with one attached hydrogen (secondary N) is 2. The number of carbonyl (C=O) groups excluding carboxylic acids is 2. The van der Waals surface area contributed by atoms with E-state index in [1.807, 2.05) is 12.1 Å². The van der Waals surface area contributed by atoms with Crippen molar-refractivity contribution in [2.75, 3.05) is 11.9 Å². The minimum absolute atomic E-state index is 0.126. The number of anilines is 1. The van der Waals surface area contributed by atoms with Gasteiger partial charge in [0.25, 0.3) is 5.91 Å². The molecule has 0 unspecified atom stereocenters. The number of hydrogen-bond donors (Lipinski definition) is 2. The summed E-state index contributed by atoms with van der Waals surface area (Å²) in [5.41, 5.74) is 2.79. The van der Waals surface area contributed by atoms with Crippen molar-refractivity contribution >= 4 is 27.6 Å². The molecule has 0 aliphatic heterocycles. The van der Waals surface area contributed by atoms with Crippen LogP contribution >= 0.6 is 0 Å². The molecule has 0 fully saturated rings. The van der Waals surface area contributed by atoms with Crippen LogP contribution in [0.15, 0.2) is 53.4 Å². The fourth-order valence-corrected chi connectivity index (χ4v) is 4.19. The van der Waals surface area contributed by atoms with Crippen molar-refractivity contribution in [1.29, 1.82) is 0 Å². The van der Waals surface area contributed by atoms with Crippen molar-refractivity contribution < 1.29 is 22.7 Å². The average molecular weight is 416 g/mol.